The third-order valence-electron chi connectivity index (χ3n) is 3.18. The maximum atomic E-state index is 11.9. The van der Waals surface area contributed by atoms with Crippen LogP contribution in [0.5, 0.6) is 11.5 Å². The van der Waals surface area contributed by atoms with Crippen LogP contribution < -0.4 is 20.5 Å². The van der Waals surface area contributed by atoms with Crippen molar-refractivity contribution in [2.24, 2.45) is 5.73 Å². The molecule has 4 amide bonds. The Hall–Kier alpha value is -2.70. The van der Waals surface area contributed by atoms with Gasteiger partial charge in [0.2, 0.25) is 6.79 Å². The summed E-state index contributed by atoms with van der Waals surface area (Å²) in [5.74, 6) is 1.23. The number of urea groups is 2. The van der Waals surface area contributed by atoms with Gasteiger partial charge in [0, 0.05) is 5.70 Å². The third kappa shape index (κ3) is 1.93. The van der Waals surface area contributed by atoms with Crippen molar-refractivity contribution in [2.75, 3.05) is 6.79 Å². The second kappa shape index (κ2) is 4.44. The van der Waals surface area contributed by atoms with Gasteiger partial charge in [0.15, 0.2) is 11.5 Å². The number of benzene rings is 1. The van der Waals surface area contributed by atoms with E-state index in [0.717, 1.165) is 10.5 Å². The number of carbonyl (C=O) groups is 2. The number of nitrogens with zero attached hydrogens (tertiary/aromatic N) is 1. The number of ether oxygens (including phenoxy) is 2. The number of fused-ring (bicyclic) bond motifs is 1. The highest BCUT2D eigenvalue weighted by Gasteiger charge is 2.32. The lowest BCUT2D eigenvalue weighted by Crippen LogP contribution is -2.50. The minimum Gasteiger partial charge on any atom is -0.454 e. The Morgan fingerprint density at radius 1 is 1.40 bits per heavy atom. The van der Waals surface area contributed by atoms with Crippen molar-refractivity contribution in [1.82, 2.24) is 10.2 Å². The summed E-state index contributed by atoms with van der Waals surface area (Å²) in [5, 5.41) is 2.55. The van der Waals surface area contributed by atoms with Gasteiger partial charge in [0.05, 0.1) is 6.04 Å². The quantitative estimate of drug-likeness (QED) is 0.811. The molecule has 0 aliphatic carbocycles. The molecule has 0 fully saturated rings. The molecule has 104 valence electrons. The van der Waals surface area contributed by atoms with Crippen LogP contribution in [0.25, 0.3) is 0 Å². The standard InChI is InChI=1S/C13H13N3O4/c1-7-4-9(16(12(14)17)13(18)15-7)8-2-3-10-11(5-8)20-6-19-10/h2-5,9H,6H2,1H3,(H2,14,17)(H,15,18). The fourth-order valence-corrected chi connectivity index (χ4v) is 2.29. The largest absolute Gasteiger partial charge is 0.454 e. The molecule has 0 bridgehead atoms. The van der Waals surface area contributed by atoms with Crippen LogP contribution in [-0.2, 0) is 0 Å². The molecular weight excluding hydrogens is 262 g/mol. The van der Waals surface area contributed by atoms with E-state index in [-0.39, 0.29) is 6.79 Å². The molecule has 7 nitrogen and oxygen atoms in total. The van der Waals surface area contributed by atoms with Crippen molar-refractivity contribution in [3.8, 4) is 11.5 Å². The SMILES string of the molecule is CC1=CC(c2ccc3c(c2)OCO3)N(C(N)=O)C(=O)N1. The highest BCUT2D eigenvalue weighted by molar-refractivity contribution is 5.95. The lowest BCUT2D eigenvalue weighted by molar-refractivity contribution is 0.173. The van der Waals surface area contributed by atoms with Gasteiger partial charge in [-0.2, -0.15) is 0 Å². The molecule has 1 unspecified atom stereocenters. The van der Waals surface area contributed by atoms with Crippen molar-refractivity contribution in [2.45, 2.75) is 13.0 Å². The van der Waals surface area contributed by atoms with E-state index in [2.05, 4.69) is 5.32 Å². The minimum atomic E-state index is -0.811. The van der Waals surface area contributed by atoms with E-state index in [9.17, 15) is 9.59 Å². The number of imide groups is 1. The van der Waals surface area contributed by atoms with Gasteiger partial charge in [-0.3, -0.25) is 0 Å². The van der Waals surface area contributed by atoms with Crippen molar-refractivity contribution in [3.05, 3.63) is 35.5 Å². The molecule has 0 aromatic heterocycles. The Balaban J connectivity index is 2.03. The summed E-state index contributed by atoms with van der Waals surface area (Å²) in [6.07, 6.45) is 1.75. The highest BCUT2D eigenvalue weighted by Crippen LogP contribution is 2.36. The number of primary amides is 1. The lowest BCUT2D eigenvalue weighted by Gasteiger charge is -2.31. The van der Waals surface area contributed by atoms with E-state index in [1.807, 2.05) is 0 Å². The van der Waals surface area contributed by atoms with Crippen molar-refractivity contribution in [3.63, 3.8) is 0 Å². The number of nitrogens with one attached hydrogen (secondary N) is 1. The van der Waals surface area contributed by atoms with Gasteiger partial charge in [0.25, 0.3) is 0 Å². The van der Waals surface area contributed by atoms with Crippen LogP contribution in [0.1, 0.15) is 18.5 Å². The summed E-state index contributed by atoms with van der Waals surface area (Å²) in [4.78, 5) is 24.3. The van der Waals surface area contributed by atoms with Crippen LogP contribution >= 0.6 is 0 Å². The number of amides is 4. The van der Waals surface area contributed by atoms with Gasteiger partial charge in [0.1, 0.15) is 0 Å². The van der Waals surface area contributed by atoms with Crippen LogP contribution in [-0.4, -0.2) is 23.8 Å². The van der Waals surface area contributed by atoms with Gasteiger partial charge in [-0.05, 0) is 30.7 Å². The van der Waals surface area contributed by atoms with Gasteiger partial charge < -0.3 is 20.5 Å². The molecule has 0 radical (unpaired) electrons. The van der Waals surface area contributed by atoms with Crippen molar-refractivity contribution < 1.29 is 19.1 Å². The summed E-state index contributed by atoms with van der Waals surface area (Å²) in [6, 6.07) is 3.35. The first-order chi connectivity index (χ1) is 9.56. The zero-order valence-corrected chi connectivity index (χ0v) is 10.8. The Bertz CT molecular complexity index is 626. The van der Waals surface area contributed by atoms with E-state index in [0.29, 0.717) is 17.2 Å². The molecular formula is C13H13N3O4. The topological polar surface area (TPSA) is 93.9 Å². The molecule has 20 heavy (non-hydrogen) atoms. The number of nitrogens with two attached hydrogens (primary N) is 1. The lowest BCUT2D eigenvalue weighted by atomic mass is 10.0. The molecule has 3 rings (SSSR count). The predicted molar refractivity (Wildman–Crippen MR) is 69.0 cm³/mol. The first kappa shape index (κ1) is 12.3. The molecule has 3 N–H and O–H groups in total. The summed E-state index contributed by atoms with van der Waals surface area (Å²) in [5.41, 5.74) is 6.67. The van der Waals surface area contributed by atoms with Crippen LogP contribution in [0.4, 0.5) is 9.59 Å². The molecule has 0 saturated carbocycles. The molecule has 2 heterocycles. The van der Waals surface area contributed by atoms with Crippen LogP contribution in [0.15, 0.2) is 30.0 Å². The molecule has 1 aromatic rings. The van der Waals surface area contributed by atoms with Crippen LogP contribution in [0.2, 0.25) is 0 Å². The van der Waals surface area contributed by atoms with E-state index in [4.69, 9.17) is 15.2 Å². The molecule has 7 heteroatoms. The normalized spacial score (nSPS) is 20.4. The Kier molecular flexibility index (Phi) is 2.74. The maximum absolute atomic E-state index is 11.9. The highest BCUT2D eigenvalue weighted by atomic mass is 16.7. The smallest absolute Gasteiger partial charge is 0.330 e. The fraction of sp³-hybridized carbons (Fsp3) is 0.231. The van der Waals surface area contributed by atoms with Crippen molar-refractivity contribution >= 4 is 12.1 Å². The monoisotopic (exact) mass is 275 g/mol. The second-order valence-corrected chi connectivity index (χ2v) is 4.55. The first-order valence-corrected chi connectivity index (χ1v) is 6.04. The predicted octanol–water partition coefficient (Wildman–Crippen LogP) is 1.46. The molecule has 2 aliphatic rings. The summed E-state index contributed by atoms with van der Waals surface area (Å²) < 4.78 is 10.5. The molecule has 1 aromatic carbocycles. The van der Waals surface area contributed by atoms with Gasteiger partial charge in [-0.25, -0.2) is 14.5 Å². The number of carbonyl (C=O) groups excluding carboxylic acids is 2. The molecule has 1 atom stereocenters. The summed E-state index contributed by atoms with van der Waals surface area (Å²) in [7, 11) is 0. The first-order valence-electron chi connectivity index (χ1n) is 6.04. The van der Waals surface area contributed by atoms with Gasteiger partial charge in [-0.15, -0.1) is 0 Å². The van der Waals surface area contributed by atoms with E-state index < -0.39 is 18.1 Å². The zero-order chi connectivity index (χ0) is 14.3. The molecule has 2 aliphatic heterocycles. The zero-order valence-electron chi connectivity index (χ0n) is 10.8. The van der Waals surface area contributed by atoms with Gasteiger partial charge >= 0.3 is 12.1 Å². The van der Waals surface area contributed by atoms with E-state index in [1.54, 1.807) is 31.2 Å². The average Bonchev–Trinajstić information content (AvgIpc) is 2.84. The van der Waals surface area contributed by atoms with Crippen molar-refractivity contribution in [1.29, 1.82) is 0 Å². The van der Waals surface area contributed by atoms with E-state index >= 15 is 0 Å². The number of hydrogen-bond acceptors (Lipinski definition) is 4. The van der Waals surface area contributed by atoms with Crippen LogP contribution in [0, 0.1) is 0 Å². The number of rotatable bonds is 1. The molecule has 0 saturated heterocycles. The van der Waals surface area contributed by atoms with Crippen LogP contribution in [0.3, 0.4) is 0 Å². The fourth-order valence-electron chi connectivity index (χ4n) is 2.29. The number of hydrogen-bond donors (Lipinski definition) is 2. The Labute approximate surface area is 114 Å². The number of allylic oxidation sites excluding steroid dienone is 1. The van der Waals surface area contributed by atoms with E-state index in [1.165, 1.54) is 0 Å². The Morgan fingerprint density at radius 3 is 2.90 bits per heavy atom. The van der Waals surface area contributed by atoms with Gasteiger partial charge in [-0.1, -0.05) is 6.07 Å². The summed E-state index contributed by atoms with van der Waals surface area (Å²) >= 11 is 0. The molecule has 0 spiro atoms. The average molecular weight is 275 g/mol. The third-order valence-corrected chi connectivity index (χ3v) is 3.18. The second-order valence-electron chi connectivity index (χ2n) is 4.55. The maximum Gasteiger partial charge on any atom is 0.330 e. The summed E-state index contributed by atoms with van der Waals surface area (Å²) in [6.45, 7) is 1.91. The Morgan fingerprint density at radius 2 is 2.15 bits per heavy atom. The minimum absolute atomic E-state index is 0.165.